The van der Waals surface area contributed by atoms with Gasteiger partial charge in [0.05, 0.1) is 0 Å². The Morgan fingerprint density at radius 2 is 2.25 bits per heavy atom. The van der Waals surface area contributed by atoms with Crippen LogP contribution >= 0.6 is 0 Å². The van der Waals surface area contributed by atoms with E-state index in [4.69, 9.17) is 5.73 Å². The molecule has 4 heteroatoms. The summed E-state index contributed by atoms with van der Waals surface area (Å²) in [5, 5.41) is 3.46. The minimum Gasteiger partial charge on any atom is -0.384 e. The van der Waals surface area contributed by atoms with Crippen molar-refractivity contribution in [2.75, 3.05) is 11.1 Å². The van der Waals surface area contributed by atoms with Gasteiger partial charge in [-0.25, -0.2) is 9.97 Å². The first kappa shape index (κ1) is 11.2. The molecule has 0 aliphatic heterocycles. The van der Waals surface area contributed by atoms with Gasteiger partial charge in [0, 0.05) is 12.1 Å². The zero-order valence-electron chi connectivity index (χ0n) is 9.98. The molecule has 88 valence electrons. The molecule has 1 aromatic rings. The van der Waals surface area contributed by atoms with Crippen LogP contribution in [0.3, 0.4) is 0 Å². The van der Waals surface area contributed by atoms with E-state index in [-0.39, 0.29) is 0 Å². The summed E-state index contributed by atoms with van der Waals surface area (Å²) < 4.78 is 0. The number of rotatable bonds is 3. The molecule has 0 saturated heterocycles. The topological polar surface area (TPSA) is 63.8 Å². The molecule has 1 aromatic heterocycles. The van der Waals surface area contributed by atoms with Crippen molar-refractivity contribution in [2.45, 2.75) is 39.2 Å². The van der Waals surface area contributed by atoms with Crippen LogP contribution in [0.2, 0.25) is 0 Å². The molecule has 1 aliphatic carbocycles. The van der Waals surface area contributed by atoms with E-state index < -0.39 is 0 Å². The number of aromatic nitrogens is 2. The molecule has 1 fully saturated rings. The Bertz CT molecular complexity index is 353. The Labute approximate surface area is 96.7 Å². The number of nitrogens with zero attached hydrogens (tertiary/aromatic N) is 2. The minimum atomic E-state index is 0.523. The van der Waals surface area contributed by atoms with Crippen LogP contribution in [0.15, 0.2) is 12.4 Å². The van der Waals surface area contributed by atoms with Gasteiger partial charge in [-0.3, -0.25) is 0 Å². The lowest BCUT2D eigenvalue weighted by molar-refractivity contribution is 0.391. The van der Waals surface area contributed by atoms with Gasteiger partial charge in [0.15, 0.2) is 0 Å². The van der Waals surface area contributed by atoms with Gasteiger partial charge in [0.2, 0.25) is 0 Å². The summed E-state index contributed by atoms with van der Waals surface area (Å²) in [4.78, 5) is 8.08. The Balaban J connectivity index is 2.00. The third-order valence-corrected chi connectivity index (χ3v) is 3.77. The summed E-state index contributed by atoms with van der Waals surface area (Å²) in [5.74, 6) is 2.93. The van der Waals surface area contributed by atoms with Crippen molar-refractivity contribution < 1.29 is 0 Å². The quantitative estimate of drug-likeness (QED) is 0.820. The predicted molar refractivity (Wildman–Crippen MR) is 66.0 cm³/mol. The highest BCUT2D eigenvalue weighted by Gasteiger charge is 2.31. The molecule has 3 unspecified atom stereocenters. The van der Waals surface area contributed by atoms with Crippen molar-refractivity contribution in [1.29, 1.82) is 0 Å². The first-order valence-corrected chi connectivity index (χ1v) is 6.04. The summed E-state index contributed by atoms with van der Waals surface area (Å²) >= 11 is 0. The molecule has 16 heavy (non-hydrogen) atoms. The molecular weight excluding hydrogens is 200 g/mol. The van der Waals surface area contributed by atoms with Gasteiger partial charge in [0.1, 0.15) is 18.0 Å². The van der Waals surface area contributed by atoms with Crippen LogP contribution in [0.5, 0.6) is 0 Å². The molecule has 0 amide bonds. The van der Waals surface area contributed by atoms with E-state index in [1.807, 2.05) is 0 Å². The maximum Gasteiger partial charge on any atom is 0.131 e. The highest BCUT2D eigenvalue weighted by Crippen LogP contribution is 2.35. The maximum atomic E-state index is 5.63. The lowest BCUT2D eigenvalue weighted by Gasteiger charge is -2.21. The molecule has 1 saturated carbocycles. The lowest BCUT2D eigenvalue weighted by Crippen LogP contribution is -2.25. The van der Waals surface area contributed by atoms with Crippen molar-refractivity contribution in [3.63, 3.8) is 0 Å². The van der Waals surface area contributed by atoms with Crippen LogP contribution < -0.4 is 11.1 Å². The molecule has 0 radical (unpaired) electrons. The number of nitrogen functional groups attached to an aromatic ring is 1. The van der Waals surface area contributed by atoms with E-state index in [1.165, 1.54) is 25.6 Å². The highest BCUT2D eigenvalue weighted by atomic mass is 15.1. The first-order chi connectivity index (χ1) is 7.70. The van der Waals surface area contributed by atoms with Crippen molar-refractivity contribution >= 4 is 11.6 Å². The maximum absolute atomic E-state index is 5.63. The molecule has 0 bridgehead atoms. The molecule has 1 heterocycles. The van der Waals surface area contributed by atoms with Crippen LogP contribution in [-0.4, -0.2) is 16.0 Å². The Morgan fingerprint density at radius 1 is 1.44 bits per heavy atom. The van der Waals surface area contributed by atoms with Crippen molar-refractivity contribution in [2.24, 2.45) is 11.8 Å². The largest absolute Gasteiger partial charge is 0.384 e. The molecule has 4 nitrogen and oxygen atoms in total. The Kier molecular flexibility index (Phi) is 3.27. The van der Waals surface area contributed by atoms with E-state index in [0.29, 0.717) is 17.8 Å². The zero-order chi connectivity index (χ0) is 11.5. The van der Waals surface area contributed by atoms with Crippen LogP contribution in [0.4, 0.5) is 11.6 Å². The van der Waals surface area contributed by atoms with Crippen molar-refractivity contribution in [3.8, 4) is 0 Å². The summed E-state index contributed by atoms with van der Waals surface area (Å²) in [6.45, 7) is 4.59. The fourth-order valence-corrected chi connectivity index (χ4v) is 2.67. The van der Waals surface area contributed by atoms with Gasteiger partial charge in [0.25, 0.3) is 0 Å². The summed E-state index contributed by atoms with van der Waals surface area (Å²) in [6, 6.07) is 2.32. The third kappa shape index (κ3) is 2.26. The molecule has 3 N–H and O–H groups in total. The second-order valence-electron chi connectivity index (χ2n) is 4.68. The molecule has 3 atom stereocenters. The number of nitrogens with two attached hydrogens (primary N) is 1. The summed E-state index contributed by atoms with van der Waals surface area (Å²) in [7, 11) is 0. The molecule has 1 aliphatic rings. The van der Waals surface area contributed by atoms with Crippen LogP contribution in [0, 0.1) is 11.8 Å². The van der Waals surface area contributed by atoms with E-state index in [2.05, 4.69) is 29.1 Å². The number of nitrogens with one attached hydrogen (secondary N) is 1. The lowest BCUT2D eigenvalue weighted by atomic mass is 9.93. The molecule has 0 aromatic carbocycles. The molecule has 2 rings (SSSR count). The van der Waals surface area contributed by atoms with Gasteiger partial charge in [-0.1, -0.05) is 20.3 Å². The second-order valence-corrected chi connectivity index (χ2v) is 4.68. The normalized spacial score (nSPS) is 29.2. The van der Waals surface area contributed by atoms with Crippen LogP contribution in [-0.2, 0) is 0 Å². The van der Waals surface area contributed by atoms with Crippen molar-refractivity contribution in [3.05, 3.63) is 12.4 Å². The summed E-state index contributed by atoms with van der Waals surface area (Å²) in [5.41, 5.74) is 5.63. The third-order valence-electron chi connectivity index (χ3n) is 3.77. The van der Waals surface area contributed by atoms with Gasteiger partial charge in [-0.05, 0) is 24.7 Å². The highest BCUT2D eigenvalue weighted by molar-refractivity contribution is 5.44. The second kappa shape index (κ2) is 4.68. The van der Waals surface area contributed by atoms with Gasteiger partial charge >= 0.3 is 0 Å². The average molecular weight is 220 g/mol. The monoisotopic (exact) mass is 220 g/mol. The fraction of sp³-hybridized carbons (Fsp3) is 0.667. The first-order valence-electron chi connectivity index (χ1n) is 6.04. The number of hydrogen-bond donors (Lipinski definition) is 2. The SMILES string of the molecule is CCC1CCC(Nc2cc(N)ncn2)C1C. The Morgan fingerprint density at radius 3 is 2.88 bits per heavy atom. The predicted octanol–water partition coefficient (Wildman–Crippen LogP) is 2.30. The minimum absolute atomic E-state index is 0.523. The van der Waals surface area contributed by atoms with Crippen LogP contribution in [0.25, 0.3) is 0 Å². The van der Waals surface area contributed by atoms with E-state index >= 15 is 0 Å². The van der Waals surface area contributed by atoms with E-state index in [1.54, 1.807) is 6.07 Å². The Hall–Kier alpha value is -1.32. The molecule has 0 spiro atoms. The molecular formula is C12H20N4. The zero-order valence-corrected chi connectivity index (χ0v) is 9.98. The van der Waals surface area contributed by atoms with Gasteiger partial charge in [-0.2, -0.15) is 0 Å². The fourth-order valence-electron chi connectivity index (χ4n) is 2.67. The number of hydrogen-bond acceptors (Lipinski definition) is 4. The van der Waals surface area contributed by atoms with Crippen LogP contribution in [0.1, 0.15) is 33.1 Å². The van der Waals surface area contributed by atoms with Crippen molar-refractivity contribution in [1.82, 2.24) is 9.97 Å². The average Bonchev–Trinajstić information content (AvgIpc) is 2.60. The van der Waals surface area contributed by atoms with E-state index in [0.717, 1.165) is 11.7 Å². The van der Waals surface area contributed by atoms with Gasteiger partial charge < -0.3 is 11.1 Å². The smallest absolute Gasteiger partial charge is 0.131 e. The van der Waals surface area contributed by atoms with E-state index in [9.17, 15) is 0 Å². The number of anilines is 2. The summed E-state index contributed by atoms with van der Waals surface area (Å²) in [6.07, 6.45) is 5.32. The standard InChI is InChI=1S/C12H20N4/c1-3-9-4-5-10(8(9)2)16-12-6-11(13)14-7-15-12/h6-10H,3-5H2,1-2H3,(H3,13,14,15,16). The van der Waals surface area contributed by atoms with Gasteiger partial charge in [-0.15, -0.1) is 0 Å².